The fourth-order valence-corrected chi connectivity index (χ4v) is 4.28. The summed E-state index contributed by atoms with van der Waals surface area (Å²) in [6, 6.07) is 13.9. The van der Waals surface area contributed by atoms with Crippen molar-refractivity contribution in [2.24, 2.45) is 0 Å². The summed E-state index contributed by atoms with van der Waals surface area (Å²) in [7, 11) is 1.30. The summed E-state index contributed by atoms with van der Waals surface area (Å²) < 4.78 is 19.5. The zero-order chi connectivity index (χ0) is 24.1. The van der Waals surface area contributed by atoms with Gasteiger partial charge in [0.15, 0.2) is 5.69 Å². The number of benzene rings is 2. The Morgan fingerprint density at radius 3 is 2.68 bits per heavy atom. The number of nitrogens with one attached hydrogen (secondary N) is 1. The van der Waals surface area contributed by atoms with Gasteiger partial charge in [0, 0.05) is 19.6 Å². The third kappa shape index (κ3) is 5.48. The molecular formula is C25H28FN5O3. The number of ether oxygens (including phenoxy) is 1. The quantitative estimate of drug-likeness (QED) is 0.515. The number of hydrogen-bond donors (Lipinski definition) is 1. The normalized spacial score (nSPS) is 18.1. The van der Waals surface area contributed by atoms with E-state index in [0.717, 1.165) is 16.7 Å². The number of likely N-dealkylation sites (tertiary alicyclic amines) is 1. The number of amides is 1. The molecule has 1 aliphatic heterocycles. The van der Waals surface area contributed by atoms with E-state index in [0.29, 0.717) is 32.5 Å². The van der Waals surface area contributed by atoms with Crippen molar-refractivity contribution in [1.29, 1.82) is 0 Å². The van der Waals surface area contributed by atoms with E-state index in [1.807, 2.05) is 12.1 Å². The van der Waals surface area contributed by atoms with E-state index in [1.54, 1.807) is 23.0 Å². The zero-order valence-electron chi connectivity index (χ0n) is 19.3. The molecule has 34 heavy (non-hydrogen) atoms. The van der Waals surface area contributed by atoms with Crippen LogP contribution in [-0.4, -0.2) is 58.0 Å². The van der Waals surface area contributed by atoms with Gasteiger partial charge in [-0.15, -0.1) is 5.10 Å². The summed E-state index contributed by atoms with van der Waals surface area (Å²) >= 11 is 0. The number of methoxy groups -OCH3 is 1. The van der Waals surface area contributed by atoms with E-state index >= 15 is 0 Å². The maximum absolute atomic E-state index is 13.2. The molecule has 0 unspecified atom stereocenters. The molecule has 0 bridgehead atoms. The molecule has 2 aromatic carbocycles. The van der Waals surface area contributed by atoms with E-state index in [2.05, 4.69) is 39.6 Å². The van der Waals surface area contributed by atoms with Crippen LogP contribution in [0.25, 0.3) is 0 Å². The van der Waals surface area contributed by atoms with Crippen LogP contribution in [-0.2, 0) is 22.5 Å². The van der Waals surface area contributed by atoms with Gasteiger partial charge in [0.25, 0.3) is 0 Å². The van der Waals surface area contributed by atoms with Gasteiger partial charge in [-0.3, -0.25) is 9.69 Å². The Hall–Kier alpha value is -3.59. The van der Waals surface area contributed by atoms with Gasteiger partial charge in [-0.2, -0.15) is 0 Å². The molecule has 1 amide bonds. The third-order valence-electron chi connectivity index (χ3n) is 6.22. The molecule has 8 nitrogen and oxygen atoms in total. The van der Waals surface area contributed by atoms with Gasteiger partial charge in [-0.1, -0.05) is 41.6 Å². The lowest BCUT2D eigenvalue weighted by molar-refractivity contribution is -0.125. The Morgan fingerprint density at radius 1 is 1.18 bits per heavy atom. The van der Waals surface area contributed by atoms with E-state index in [4.69, 9.17) is 4.74 Å². The van der Waals surface area contributed by atoms with Crippen molar-refractivity contribution in [3.05, 3.63) is 82.9 Å². The van der Waals surface area contributed by atoms with Crippen LogP contribution in [0.3, 0.4) is 0 Å². The predicted octanol–water partition coefficient (Wildman–Crippen LogP) is 2.69. The van der Waals surface area contributed by atoms with Crippen LogP contribution in [0.15, 0.2) is 54.7 Å². The minimum absolute atomic E-state index is 0.0634. The number of rotatable bonds is 8. The molecule has 2 atom stereocenters. The van der Waals surface area contributed by atoms with Crippen molar-refractivity contribution in [3.8, 4) is 0 Å². The first-order chi connectivity index (χ1) is 16.4. The first-order valence-corrected chi connectivity index (χ1v) is 11.3. The Balaban J connectivity index is 1.46. The van der Waals surface area contributed by atoms with E-state index in [9.17, 15) is 14.0 Å². The summed E-state index contributed by atoms with van der Waals surface area (Å²) in [5.41, 5.74) is 3.41. The second kappa shape index (κ2) is 10.6. The van der Waals surface area contributed by atoms with Crippen LogP contribution in [0.2, 0.25) is 0 Å². The van der Waals surface area contributed by atoms with Gasteiger partial charge in [0.2, 0.25) is 5.91 Å². The molecule has 1 saturated heterocycles. The molecule has 1 aromatic heterocycles. The van der Waals surface area contributed by atoms with Gasteiger partial charge in [-0.25, -0.2) is 13.9 Å². The van der Waals surface area contributed by atoms with Crippen LogP contribution in [0.5, 0.6) is 0 Å². The lowest BCUT2D eigenvalue weighted by Crippen LogP contribution is -2.43. The second-order valence-electron chi connectivity index (χ2n) is 8.50. The van der Waals surface area contributed by atoms with Crippen molar-refractivity contribution in [1.82, 2.24) is 25.2 Å². The van der Waals surface area contributed by atoms with Gasteiger partial charge in [0.05, 0.1) is 25.4 Å². The average molecular weight is 466 g/mol. The molecular weight excluding hydrogens is 437 g/mol. The van der Waals surface area contributed by atoms with Crippen LogP contribution in [0.4, 0.5) is 4.39 Å². The number of aryl methyl sites for hydroxylation is 1. The number of hydrogen-bond acceptors (Lipinski definition) is 6. The number of carbonyl (C=O) groups excluding carboxylic acids is 2. The summed E-state index contributed by atoms with van der Waals surface area (Å²) in [4.78, 5) is 27.1. The molecule has 0 radical (unpaired) electrons. The summed E-state index contributed by atoms with van der Waals surface area (Å²) in [5.74, 6) is -0.886. The highest BCUT2D eigenvalue weighted by Gasteiger charge is 2.38. The van der Waals surface area contributed by atoms with Crippen LogP contribution >= 0.6 is 0 Å². The van der Waals surface area contributed by atoms with Gasteiger partial charge >= 0.3 is 5.97 Å². The average Bonchev–Trinajstić information content (AvgIpc) is 3.49. The fraction of sp³-hybridized carbons (Fsp3) is 0.360. The Labute approximate surface area is 197 Å². The van der Waals surface area contributed by atoms with Crippen molar-refractivity contribution in [2.75, 3.05) is 20.2 Å². The number of nitrogens with zero attached hydrogens (tertiary/aromatic N) is 4. The number of carbonyl (C=O) groups is 2. The third-order valence-corrected chi connectivity index (χ3v) is 6.22. The fourth-order valence-electron chi connectivity index (χ4n) is 4.28. The van der Waals surface area contributed by atoms with Crippen LogP contribution in [0, 0.1) is 12.7 Å². The molecule has 0 saturated carbocycles. The maximum atomic E-state index is 13.2. The number of aromatic nitrogens is 3. The van der Waals surface area contributed by atoms with Gasteiger partial charge < -0.3 is 10.1 Å². The Bertz CT molecular complexity index is 1150. The van der Waals surface area contributed by atoms with Gasteiger partial charge in [0.1, 0.15) is 5.82 Å². The summed E-state index contributed by atoms with van der Waals surface area (Å²) in [6.45, 7) is 3.73. The topological polar surface area (TPSA) is 89.4 Å². The van der Waals surface area contributed by atoms with E-state index < -0.39 is 5.97 Å². The zero-order valence-corrected chi connectivity index (χ0v) is 19.3. The minimum Gasteiger partial charge on any atom is -0.464 e. The molecule has 0 spiro atoms. The predicted molar refractivity (Wildman–Crippen MR) is 124 cm³/mol. The SMILES string of the molecule is COC(=O)c1cn([C@@H]2C[C@@H](C(=O)NCCc3ccc(F)cc3)N(Cc3ccccc3C)C2)nn1. The first-order valence-electron chi connectivity index (χ1n) is 11.3. The Morgan fingerprint density at radius 2 is 1.94 bits per heavy atom. The van der Waals surface area contributed by atoms with Crippen molar-refractivity contribution < 1.29 is 18.7 Å². The highest BCUT2D eigenvalue weighted by molar-refractivity contribution is 5.86. The monoisotopic (exact) mass is 465 g/mol. The van der Waals surface area contributed by atoms with Crippen molar-refractivity contribution >= 4 is 11.9 Å². The molecule has 1 N–H and O–H groups in total. The van der Waals surface area contributed by atoms with Crippen molar-refractivity contribution in [2.45, 2.75) is 38.4 Å². The second-order valence-corrected chi connectivity index (χ2v) is 8.50. The van der Waals surface area contributed by atoms with E-state index in [-0.39, 0.29) is 29.5 Å². The number of esters is 1. The van der Waals surface area contributed by atoms with Gasteiger partial charge in [-0.05, 0) is 48.6 Å². The highest BCUT2D eigenvalue weighted by atomic mass is 19.1. The first kappa shape index (κ1) is 23.6. The molecule has 9 heteroatoms. The minimum atomic E-state index is -0.545. The smallest absolute Gasteiger partial charge is 0.360 e. The molecule has 1 fully saturated rings. The maximum Gasteiger partial charge on any atom is 0.360 e. The largest absolute Gasteiger partial charge is 0.464 e. The lowest BCUT2D eigenvalue weighted by Gasteiger charge is -2.24. The molecule has 1 aliphatic rings. The van der Waals surface area contributed by atoms with Crippen LogP contribution < -0.4 is 5.32 Å². The molecule has 2 heterocycles. The Kier molecular flexibility index (Phi) is 7.32. The molecule has 0 aliphatic carbocycles. The summed E-state index contributed by atoms with van der Waals surface area (Å²) in [5, 5.41) is 11.0. The lowest BCUT2D eigenvalue weighted by atomic mass is 10.1. The molecule has 4 rings (SSSR count). The number of halogens is 1. The summed E-state index contributed by atoms with van der Waals surface area (Å²) in [6.07, 6.45) is 2.72. The van der Waals surface area contributed by atoms with Crippen LogP contribution in [0.1, 0.15) is 39.6 Å². The standard InChI is InChI=1S/C25H28FN5O3/c1-17-5-3-4-6-19(17)14-30-15-21(31-16-22(28-29-31)25(33)34-2)13-23(30)24(32)27-12-11-18-7-9-20(26)10-8-18/h3-10,16,21,23H,11-15H2,1-2H3,(H,27,32)/t21-,23+/m1/s1. The highest BCUT2D eigenvalue weighted by Crippen LogP contribution is 2.29. The molecule has 178 valence electrons. The molecule has 3 aromatic rings. The van der Waals surface area contributed by atoms with E-state index in [1.165, 1.54) is 19.2 Å². The van der Waals surface area contributed by atoms with Crippen molar-refractivity contribution in [3.63, 3.8) is 0 Å².